The molecule has 2 rings (SSSR count). The SMILES string of the molecule is CC(C)CCN(c1ncc(CBr)cn1)C1CC1. The molecular weight excluding hydrogens is 278 g/mol. The van der Waals surface area contributed by atoms with Crippen LogP contribution < -0.4 is 4.90 Å². The van der Waals surface area contributed by atoms with Gasteiger partial charge in [-0.15, -0.1) is 0 Å². The Hall–Kier alpha value is -0.640. The van der Waals surface area contributed by atoms with Crippen LogP contribution >= 0.6 is 15.9 Å². The Morgan fingerprint density at radius 1 is 1.35 bits per heavy atom. The lowest BCUT2D eigenvalue weighted by molar-refractivity contribution is 0.565. The van der Waals surface area contributed by atoms with Gasteiger partial charge < -0.3 is 4.90 Å². The minimum atomic E-state index is 0.684. The number of hydrogen-bond donors (Lipinski definition) is 0. The maximum atomic E-state index is 4.47. The molecule has 17 heavy (non-hydrogen) atoms. The molecule has 94 valence electrons. The van der Waals surface area contributed by atoms with Crippen LogP contribution in [0.4, 0.5) is 5.95 Å². The van der Waals surface area contributed by atoms with Crippen LogP contribution in [0.3, 0.4) is 0 Å². The van der Waals surface area contributed by atoms with E-state index < -0.39 is 0 Å². The van der Waals surface area contributed by atoms with Crippen molar-refractivity contribution in [3.8, 4) is 0 Å². The van der Waals surface area contributed by atoms with Gasteiger partial charge in [-0.25, -0.2) is 9.97 Å². The fourth-order valence-corrected chi connectivity index (χ4v) is 2.08. The third-order valence-corrected chi connectivity index (χ3v) is 3.69. The van der Waals surface area contributed by atoms with Gasteiger partial charge in [-0.05, 0) is 30.7 Å². The molecule has 0 spiro atoms. The Kier molecular flexibility index (Phi) is 4.37. The van der Waals surface area contributed by atoms with Crippen molar-refractivity contribution in [2.24, 2.45) is 5.92 Å². The maximum Gasteiger partial charge on any atom is 0.225 e. The summed E-state index contributed by atoms with van der Waals surface area (Å²) in [5, 5.41) is 0.822. The Morgan fingerprint density at radius 3 is 2.47 bits per heavy atom. The molecule has 1 fully saturated rings. The standard InChI is InChI=1S/C13H20BrN3/c1-10(2)5-6-17(12-3-4-12)13-15-8-11(7-14)9-16-13/h8-10,12H,3-7H2,1-2H3. The van der Waals surface area contributed by atoms with Crippen molar-refractivity contribution < 1.29 is 0 Å². The van der Waals surface area contributed by atoms with E-state index in [0.29, 0.717) is 6.04 Å². The molecule has 0 radical (unpaired) electrons. The maximum absolute atomic E-state index is 4.47. The van der Waals surface area contributed by atoms with E-state index in [2.05, 4.69) is 44.6 Å². The highest BCUT2D eigenvalue weighted by Crippen LogP contribution is 2.30. The minimum Gasteiger partial charge on any atom is -0.338 e. The predicted octanol–water partition coefficient (Wildman–Crippen LogP) is 3.39. The van der Waals surface area contributed by atoms with Gasteiger partial charge in [0, 0.05) is 30.3 Å². The molecule has 3 nitrogen and oxygen atoms in total. The van der Waals surface area contributed by atoms with Crippen LogP contribution in [-0.4, -0.2) is 22.6 Å². The van der Waals surface area contributed by atoms with Crippen LogP contribution in [0.2, 0.25) is 0 Å². The first-order valence-corrected chi connectivity index (χ1v) is 7.46. The normalized spacial score (nSPS) is 15.3. The summed E-state index contributed by atoms with van der Waals surface area (Å²) in [6.07, 6.45) is 7.63. The average molecular weight is 298 g/mol. The lowest BCUT2D eigenvalue weighted by Crippen LogP contribution is -2.29. The van der Waals surface area contributed by atoms with Crippen molar-refractivity contribution >= 4 is 21.9 Å². The van der Waals surface area contributed by atoms with Gasteiger partial charge in [-0.3, -0.25) is 0 Å². The number of anilines is 1. The highest BCUT2D eigenvalue weighted by atomic mass is 79.9. The molecule has 0 bridgehead atoms. The summed E-state index contributed by atoms with van der Waals surface area (Å²) in [6.45, 7) is 5.61. The second-order valence-corrected chi connectivity index (χ2v) is 5.69. The summed E-state index contributed by atoms with van der Waals surface area (Å²) < 4.78 is 0. The summed E-state index contributed by atoms with van der Waals surface area (Å²) in [6, 6.07) is 0.684. The number of aromatic nitrogens is 2. The van der Waals surface area contributed by atoms with Gasteiger partial charge in [0.05, 0.1) is 0 Å². The zero-order chi connectivity index (χ0) is 12.3. The van der Waals surface area contributed by atoms with Crippen molar-refractivity contribution in [2.45, 2.75) is 44.5 Å². The van der Waals surface area contributed by atoms with Crippen molar-refractivity contribution in [3.05, 3.63) is 18.0 Å². The topological polar surface area (TPSA) is 29.0 Å². The lowest BCUT2D eigenvalue weighted by atomic mass is 10.1. The third kappa shape index (κ3) is 3.66. The van der Waals surface area contributed by atoms with E-state index in [9.17, 15) is 0 Å². The van der Waals surface area contributed by atoms with Crippen molar-refractivity contribution in [2.75, 3.05) is 11.4 Å². The van der Waals surface area contributed by atoms with Crippen LogP contribution in [0.25, 0.3) is 0 Å². The quantitative estimate of drug-likeness (QED) is 0.754. The van der Waals surface area contributed by atoms with Crippen molar-refractivity contribution in [1.29, 1.82) is 0 Å². The molecule has 0 amide bonds. The van der Waals surface area contributed by atoms with E-state index in [4.69, 9.17) is 0 Å². The molecule has 1 aromatic rings. The molecule has 1 aliphatic rings. The van der Waals surface area contributed by atoms with Crippen LogP contribution in [0.5, 0.6) is 0 Å². The smallest absolute Gasteiger partial charge is 0.225 e. The number of nitrogens with zero attached hydrogens (tertiary/aromatic N) is 3. The highest BCUT2D eigenvalue weighted by molar-refractivity contribution is 9.08. The zero-order valence-electron chi connectivity index (χ0n) is 10.6. The molecule has 1 saturated carbocycles. The van der Waals surface area contributed by atoms with Crippen LogP contribution in [0.1, 0.15) is 38.7 Å². The molecule has 1 aliphatic carbocycles. The van der Waals surface area contributed by atoms with Crippen LogP contribution in [0, 0.1) is 5.92 Å². The summed E-state index contributed by atoms with van der Waals surface area (Å²) in [7, 11) is 0. The molecule has 1 heterocycles. The first-order valence-electron chi connectivity index (χ1n) is 6.34. The molecule has 1 aromatic heterocycles. The van der Waals surface area contributed by atoms with E-state index in [1.807, 2.05) is 12.4 Å². The molecule has 0 aliphatic heterocycles. The van der Waals surface area contributed by atoms with E-state index in [1.165, 1.54) is 19.3 Å². The average Bonchev–Trinajstić information content (AvgIpc) is 3.14. The monoisotopic (exact) mass is 297 g/mol. The van der Waals surface area contributed by atoms with E-state index in [1.54, 1.807) is 0 Å². The second-order valence-electron chi connectivity index (χ2n) is 5.13. The van der Waals surface area contributed by atoms with E-state index >= 15 is 0 Å². The highest BCUT2D eigenvalue weighted by Gasteiger charge is 2.30. The number of hydrogen-bond acceptors (Lipinski definition) is 3. The van der Waals surface area contributed by atoms with Gasteiger partial charge in [0.15, 0.2) is 0 Å². The van der Waals surface area contributed by atoms with Gasteiger partial charge in [-0.2, -0.15) is 0 Å². The van der Waals surface area contributed by atoms with Crippen LogP contribution in [-0.2, 0) is 5.33 Å². The first-order chi connectivity index (χ1) is 8.20. The third-order valence-electron chi connectivity index (χ3n) is 3.04. The Bertz CT molecular complexity index is 346. The molecule has 4 heteroatoms. The van der Waals surface area contributed by atoms with Gasteiger partial charge in [-0.1, -0.05) is 29.8 Å². The number of rotatable bonds is 6. The summed E-state index contributed by atoms with van der Waals surface area (Å²) in [5.74, 6) is 1.64. The Labute approximate surface area is 112 Å². The molecule has 0 atom stereocenters. The largest absolute Gasteiger partial charge is 0.338 e. The minimum absolute atomic E-state index is 0.684. The lowest BCUT2D eigenvalue weighted by Gasteiger charge is -2.23. The van der Waals surface area contributed by atoms with Gasteiger partial charge in [0.25, 0.3) is 0 Å². The van der Waals surface area contributed by atoms with Gasteiger partial charge in [0.2, 0.25) is 5.95 Å². The van der Waals surface area contributed by atoms with Crippen molar-refractivity contribution in [1.82, 2.24) is 9.97 Å². The summed E-state index contributed by atoms with van der Waals surface area (Å²) >= 11 is 3.42. The Balaban J connectivity index is 2.03. The second kappa shape index (κ2) is 5.80. The summed E-state index contributed by atoms with van der Waals surface area (Å²) in [4.78, 5) is 11.3. The Morgan fingerprint density at radius 2 is 2.00 bits per heavy atom. The molecule has 0 N–H and O–H groups in total. The molecule has 0 saturated heterocycles. The van der Waals surface area contributed by atoms with E-state index in [0.717, 1.165) is 29.3 Å². The molecule has 0 unspecified atom stereocenters. The van der Waals surface area contributed by atoms with E-state index in [-0.39, 0.29) is 0 Å². The number of alkyl halides is 1. The fraction of sp³-hybridized carbons (Fsp3) is 0.692. The number of halogens is 1. The molecule has 0 aromatic carbocycles. The van der Waals surface area contributed by atoms with Crippen molar-refractivity contribution in [3.63, 3.8) is 0 Å². The van der Waals surface area contributed by atoms with Crippen LogP contribution in [0.15, 0.2) is 12.4 Å². The zero-order valence-corrected chi connectivity index (χ0v) is 12.2. The fourth-order valence-electron chi connectivity index (χ4n) is 1.79. The molecular formula is C13H20BrN3. The summed E-state index contributed by atoms with van der Waals surface area (Å²) in [5.41, 5.74) is 1.13. The van der Waals surface area contributed by atoms with Gasteiger partial charge in [0.1, 0.15) is 0 Å². The predicted molar refractivity (Wildman–Crippen MR) is 74.5 cm³/mol. The van der Waals surface area contributed by atoms with Gasteiger partial charge >= 0.3 is 0 Å². The first kappa shape index (κ1) is 12.8.